The molecule has 1 rings (SSSR count). The molecule has 0 atom stereocenters. The molecule has 0 aliphatic heterocycles. The summed E-state index contributed by atoms with van der Waals surface area (Å²) < 4.78 is 4.49. The van der Waals surface area contributed by atoms with Gasteiger partial charge < -0.3 is 3.83 Å². The summed E-state index contributed by atoms with van der Waals surface area (Å²) in [5.74, 6) is -0.363. The Bertz CT molecular complexity index is 323. The van der Waals surface area contributed by atoms with Gasteiger partial charge in [0.05, 0.1) is 5.56 Å². The molecule has 0 saturated heterocycles. The number of aryl methyl sites for hydroxylation is 1. The molecule has 0 fully saturated rings. The minimum Gasteiger partial charge on any atom is -0.380 e. The maximum atomic E-state index is 11.3. The fourth-order valence-electron chi connectivity index (χ4n) is 1.11. The summed E-state index contributed by atoms with van der Waals surface area (Å²) >= 11 is 6.01. The van der Waals surface area contributed by atoms with Gasteiger partial charge in [-0.2, -0.15) is 0 Å². The zero-order valence-electron chi connectivity index (χ0n) is 7.01. The van der Waals surface area contributed by atoms with Crippen LogP contribution in [0.4, 0.5) is 0 Å². The van der Waals surface area contributed by atoms with Crippen LogP contribution in [-0.4, -0.2) is 5.97 Å². The van der Waals surface area contributed by atoms with E-state index in [1.807, 2.05) is 19.1 Å². The van der Waals surface area contributed by atoms with Crippen LogP contribution in [0.3, 0.4) is 0 Å². The lowest BCUT2D eigenvalue weighted by Crippen LogP contribution is -2.03. The molecule has 0 saturated carbocycles. The van der Waals surface area contributed by atoms with E-state index in [1.54, 1.807) is 6.07 Å². The monoisotopic (exact) mass is 306 g/mol. The molecule has 0 heterocycles. The van der Waals surface area contributed by atoms with Crippen molar-refractivity contribution in [3.05, 3.63) is 34.9 Å². The van der Waals surface area contributed by atoms with Gasteiger partial charge in [-0.05, 0) is 24.1 Å². The molecule has 0 aliphatic rings. The first-order valence-electron chi connectivity index (χ1n) is 3.68. The van der Waals surface area contributed by atoms with E-state index in [-0.39, 0.29) is 5.97 Å². The van der Waals surface area contributed by atoms with Crippen molar-refractivity contribution in [2.45, 2.75) is 12.3 Å². The third-order valence-electron chi connectivity index (χ3n) is 1.83. The van der Waals surface area contributed by atoms with Crippen molar-refractivity contribution in [2.24, 2.45) is 0 Å². The predicted octanol–water partition coefficient (Wildman–Crippen LogP) is 3.36. The third-order valence-corrected chi connectivity index (χ3v) is 2.69. The van der Waals surface area contributed by atoms with Crippen LogP contribution in [0.5, 0.6) is 0 Å². The molecule has 0 spiro atoms. The summed E-state index contributed by atoms with van der Waals surface area (Å²) in [4.78, 5) is 11.3. The molecular weight excluding hydrogens is 300 g/mol. The van der Waals surface area contributed by atoms with Crippen molar-refractivity contribution in [1.82, 2.24) is 0 Å². The number of carbonyl (C=O) groups is 1. The van der Waals surface area contributed by atoms with E-state index in [0.29, 0.717) is 10.9 Å². The number of halogens is 2. The van der Waals surface area contributed by atoms with Crippen molar-refractivity contribution in [3.8, 4) is 0 Å². The highest BCUT2D eigenvalue weighted by atomic mass is 79.9. The molecule has 0 N–H and O–H groups in total. The van der Waals surface area contributed by atoms with Crippen LogP contribution in [0.25, 0.3) is 0 Å². The fourth-order valence-corrected chi connectivity index (χ4v) is 2.03. The molecule has 0 aliphatic carbocycles. The Hall–Kier alpha value is -0.350. The minimum absolute atomic E-state index is 0.363. The summed E-state index contributed by atoms with van der Waals surface area (Å²) in [6, 6.07) is 5.54. The number of benzene rings is 1. The SMILES string of the molecule is Cc1cccc(C(=O)OBr)c1CBr. The predicted molar refractivity (Wildman–Crippen MR) is 58.2 cm³/mol. The van der Waals surface area contributed by atoms with Gasteiger partial charge in [0, 0.05) is 5.33 Å². The van der Waals surface area contributed by atoms with E-state index in [9.17, 15) is 4.79 Å². The second-order valence-corrected chi connectivity index (χ2v) is 3.48. The lowest BCUT2D eigenvalue weighted by Gasteiger charge is -2.06. The number of rotatable bonds is 2. The zero-order chi connectivity index (χ0) is 9.84. The highest BCUT2D eigenvalue weighted by molar-refractivity contribution is 9.08. The third kappa shape index (κ3) is 2.31. The van der Waals surface area contributed by atoms with Crippen LogP contribution < -0.4 is 0 Å². The summed E-state index contributed by atoms with van der Waals surface area (Å²) in [5, 5.41) is 0.650. The van der Waals surface area contributed by atoms with Gasteiger partial charge in [0.25, 0.3) is 0 Å². The smallest absolute Gasteiger partial charge is 0.349 e. The molecule has 13 heavy (non-hydrogen) atoms. The molecule has 0 unspecified atom stereocenters. The van der Waals surface area contributed by atoms with Gasteiger partial charge in [-0.15, -0.1) is 0 Å². The van der Waals surface area contributed by atoms with Crippen LogP contribution in [-0.2, 0) is 9.16 Å². The van der Waals surface area contributed by atoms with Crippen molar-refractivity contribution in [3.63, 3.8) is 0 Å². The normalized spacial score (nSPS) is 9.77. The number of alkyl halides is 1. The Morgan fingerprint density at radius 1 is 1.54 bits per heavy atom. The summed E-state index contributed by atoms with van der Waals surface area (Å²) in [6.45, 7) is 1.96. The molecule has 0 aromatic heterocycles. The van der Waals surface area contributed by atoms with Crippen LogP contribution in [0.2, 0.25) is 0 Å². The topological polar surface area (TPSA) is 26.3 Å². The standard InChI is InChI=1S/C9H8Br2O2/c1-6-3-2-4-7(8(6)5-10)9(12)13-11/h2-4H,5H2,1H3. The van der Waals surface area contributed by atoms with Crippen LogP contribution in [0, 0.1) is 6.92 Å². The van der Waals surface area contributed by atoms with Gasteiger partial charge >= 0.3 is 5.97 Å². The minimum atomic E-state index is -0.363. The molecule has 1 aromatic rings. The average molecular weight is 308 g/mol. The van der Waals surface area contributed by atoms with Crippen LogP contribution in [0.1, 0.15) is 21.5 Å². The molecule has 0 amide bonds. The number of hydrogen-bond donors (Lipinski definition) is 0. The molecule has 0 bridgehead atoms. The molecule has 1 aromatic carbocycles. The van der Waals surface area contributed by atoms with E-state index >= 15 is 0 Å². The number of hydrogen-bond acceptors (Lipinski definition) is 2. The lowest BCUT2D eigenvalue weighted by molar-refractivity contribution is 0.0781. The maximum Gasteiger partial charge on any atom is 0.349 e. The van der Waals surface area contributed by atoms with Gasteiger partial charge in [0.2, 0.25) is 0 Å². The Balaban J connectivity index is 3.20. The highest BCUT2D eigenvalue weighted by Gasteiger charge is 2.12. The van der Waals surface area contributed by atoms with Gasteiger partial charge in [-0.25, -0.2) is 4.79 Å². The Kier molecular flexibility index (Phi) is 3.93. The van der Waals surface area contributed by atoms with Crippen LogP contribution >= 0.6 is 32.2 Å². The van der Waals surface area contributed by atoms with Gasteiger partial charge in [0.1, 0.15) is 0 Å². The quantitative estimate of drug-likeness (QED) is 0.783. The van der Waals surface area contributed by atoms with Crippen molar-refractivity contribution in [2.75, 3.05) is 0 Å². The summed E-state index contributed by atoms with van der Waals surface area (Å²) in [7, 11) is 0. The van der Waals surface area contributed by atoms with E-state index in [1.165, 1.54) is 0 Å². The van der Waals surface area contributed by atoms with E-state index in [4.69, 9.17) is 0 Å². The first-order chi connectivity index (χ1) is 6.20. The van der Waals surface area contributed by atoms with Crippen LogP contribution in [0.15, 0.2) is 18.2 Å². The Morgan fingerprint density at radius 3 is 2.77 bits per heavy atom. The average Bonchev–Trinajstić information content (AvgIpc) is 2.16. The highest BCUT2D eigenvalue weighted by Crippen LogP contribution is 2.18. The molecule has 70 valence electrons. The second kappa shape index (κ2) is 4.77. The van der Waals surface area contributed by atoms with Gasteiger partial charge in [0.15, 0.2) is 16.3 Å². The fraction of sp³-hybridized carbons (Fsp3) is 0.222. The second-order valence-electron chi connectivity index (χ2n) is 2.60. The summed E-state index contributed by atoms with van der Waals surface area (Å²) in [5.41, 5.74) is 2.63. The van der Waals surface area contributed by atoms with Gasteiger partial charge in [-0.3, -0.25) is 0 Å². The Morgan fingerprint density at radius 2 is 2.23 bits per heavy atom. The van der Waals surface area contributed by atoms with E-state index in [2.05, 4.69) is 36.0 Å². The molecule has 4 heteroatoms. The maximum absolute atomic E-state index is 11.3. The first-order valence-corrected chi connectivity index (χ1v) is 5.45. The first kappa shape index (κ1) is 10.7. The summed E-state index contributed by atoms with van der Waals surface area (Å²) in [6.07, 6.45) is 0. The molecular formula is C9H8Br2O2. The molecule has 0 radical (unpaired) electrons. The van der Waals surface area contributed by atoms with Crippen molar-refractivity contribution < 1.29 is 8.62 Å². The number of carbonyl (C=O) groups excluding carboxylic acids is 1. The van der Waals surface area contributed by atoms with Crippen molar-refractivity contribution in [1.29, 1.82) is 0 Å². The van der Waals surface area contributed by atoms with Gasteiger partial charge in [-0.1, -0.05) is 28.1 Å². The van der Waals surface area contributed by atoms with E-state index in [0.717, 1.165) is 11.1 Å². The molecule has 2 nitrogen and oxygen atoms in total. The van der Waals surface area contributed by atoms with E-state index < -0.39 is 0 Å². The van der Waals surface area contributed by atoms with Crippen molar-refractivity contribution >= 4 is 38.2 Å². The Labute approximate surface area is 93.9 Å². The zero-order valence-corrected chi connectivity index (χ0v) is 10.2. The lowest BCUT2D eigenvalue weighted by atomic mass is 10.0. The largest absolute Gasteiger partial charge is 0.380 e.